The van der Waals surface area contributed by atoms with Gasteiger partial charge in [0.05, 0.1) is 5.69 Å². The third kappa shape index (κ3) is 10.5. The van der Waals surface area contributed by atoms with Crippen LogP contribution < -0.4 is 19.9 Å². The highest BCUT2D eigenvalue weighted by molar-refractivity contribution is 7.90. The first-order valence-electron chi connectivity index (χ1n) is 19.0. The zero-order valence-corrected chi connectivity index (χ0v) is 35.5. The SMILES string of the molecule is Cc1cc(C)nc(S(=O)(=O)NC(=O)Nc2c(-c3ccncc3)cc(F)c3c2CCC3)n1.Cc1cc(C)nc(S(N)(=O)=O)n1.N#COc1c(-c2ccncc2)cc(F)c2c1CCC2. The Hall–Kier alpha value is -6.82. The van der Waals surface area contributed by atoms with Gasteiger partial charge in [-0.05, 0) is 143 Å². The van der Waals surface area contributed by atoms with Crippen LogP contribution in [-0.2, 0) is 45.7 Å². The number of fused-ring (bicyclic) bond motifs is 2. The molecule has 0 aliphatic heterocycles. The molecule has 320 valence electrons. The second-order valence-electron chi connectivity index (χ2n) is 14.3. The summed E-state index contributed by atoms with van der Waals surface area (Å²) < 4.78 is 82.6. The molecule has 0 fully saturated rings. The highest BCUT2D eigenvalue weighted by Crippen LogP contribution is 2.41. The lowest BCUT2D eigenvalue weighted by Gasteiger charge is -2.17. The van der Waals surface area contributed by atoms with Crippen molar-refractivity contribution in [2.24, 2.45) is 5.14 Å². The molecule has 2 aromatic carbocycles. The van der Waals surface area contributed by atoms with Crippen molar-refractivity contribution in [2.45, 2.75) is 76.5 Å². The molecule has 0 radical (unpaired) electrons. The van der Waals surface area contributed by atoms with Crippen molar-refractivity contribution < 1.29 is 35.1 Å². The smallest absolute Gasteiger partial charge is 0.333 e. The number of sulfonamides is 2. The number of nitriles is 1. The van der Waals surface area contributed by atoms with Crippen LogP contribution in [0.15, 0.2) is 83.6 Å². The summed E-state index contributed by atoms with van der Waals surface area (Å²) in [6.07, 6.45) is 12.3. The minimum absolute atomic E-state index is 0.218. The molecule has 0 saturated heterocycles. The highest BCUT2D eigenvalue weighted by atomic mass is 32.2. The Labute approximate surface area is 356 Å². The first-order valence-corrected chi connectivity index (χ1v) is 22.0. The van der Waals surface area contributed by atoms with Gasteiger partial charge in [0.25, 0.3) is 26.6 Å². The Balaban J connectivity index is 0.000000175. The molecule has 20 heteroatoms. The number of pyridine rings is 2. The number of nitrogens with zero attached hydrogens (tertiary/aromatic N) is 7. The van der Waals surface area contributed by atoms with Crippen molar-refractivity contribution in [3.8, 4) is 34.3 Å². The number of halogens is 2. The molecule has 8 rings (SSSR count). The molecule has 4 N–H and O–H groups in total. The third-order valence-electron chi connectivity index (χ3n) is 9.66. The normalized spacial score (nSPS) is 12.7. The number of amides is 2. The molecule has 62 heavy (non-hydrogen) atoms. The van der Waals surface area contributed by atoms with Crippen LogP contribution in [-0.4, -0.2) is 52.8 Å². The zero-order chi connectivity index (χ0) is 44.8. The maximum atomic E-state index is 14.7. The number of aryl methyl sites for hydroxylation is 4. The number of anilines is 1. The quantitative estimate of drug-likeness (QED) is 0.118. The molecule has 4 heterocycles. The van der Waals surface area contributed by atoms with Gasteiger partial charge in [0.15, 0.2) is 5.75 Å². The number of urea groups is 1. The predicted octanol–water partition coefficient (Wildman–Crippen LogP) is 6.27. The molecule has 0 bridgehead atoms. The van der Waals surface area contributed by atoms with E-state index in [1.807, 2.05) is 4.72 Å². The van der Waals surface area contributed by atoms with E-state index in [9.17, 15) is 30.4 Å². The summed E-state index contributed by atoms with van der Waals surface area (Å²) in [5.74, 6) is -0.0753. The summed E-state index contributed by atoms with van der Waals surface area (Å²) in [4.78, 5) is 35.8. The van der Waals surface area contributed by atoms with Crippen molar-refractivity contribution >= 4 is 31.8 Å². The van der Waals surface area contributed by atoms with E-state index in [2.05, 4.69) is 35.2 Å². The fourth-order valence-corrected chi connectivity index (χ4v) is 8.64. The molecular formula is C42H40F2N10O6S2. The molecule has 2 amide bonds. The lowest BCUT2D eigenvalue weighted by molar-refractivity contribution is 0.256. The Morgan fingerprint density at radius 1 is 0.677 bits per heavy atom. The lowest BCUT2D eigenvalue weighted by atomic mass is 9.97. The van der Waals surface area contributed by atoms with Gasteiger partial charge in [0.1, 0.15) is 11.6 Å². The lowest BCUT2D eigenvalue weighted by Crippen LogP contribution is -2.36. The average molecular weight is 883 g/mol. The number of benzene rings is 2. The van der Waals surface area contributed by atoms with Gasteiger partial charge < -0.3 is 10.1 Å². The van der Waals surface area contributed by atoms with E-state index in [4.69, 9.17) is 15.1 Å². The van der Waals surface area contributed by atoms with Crippen LogP contribution in [0.4, 0.5) is 19.3 Å². The van der Waals surface area contributed by atoms with Gasteiger partial charge in [-0.25, -0.2) is 51.8 Å². The highest BCUT2D eigenvalue weighted by Gasteiger charge is 2.28. The monoisotopic (exact) mass is 882 g/mol. The van der Waals surface area contributed by atoms with Crippen molar-refractivity contribution in [1.82, 2.24) is 34.6 Å². The third-order valence-corrected chi connectivity index (χ3v) is 11.5. The maximum Gasteiger partial charge on any atom is 0.333 e. The second kappa shape index (κ2) is 18.8. The molecule has 0 atom stereocenters. The summed E-state index contributed by atoms with van der Waals surface area (Å²) >= 11 is 0. The number of primary sulfonamides is 1. The van der Waals surface area contributed by atoms with E-state index in [1.54, 1.807) is 95.1 Å². The summed E-state index contributed by atoms with van der Waals surface area (Å²) in [5.41, 5.74) is 7.72. The standard InChI is InChI=1S/C21H20FN5O3S.C15H11FN2O.C6H9N3O2S/c1-12-10-13(2)25-21(24-12)31(29,30)27-20(28)26-19-16-5-3-4-15(16)18(22)11-17(19)14-6-8-23-9-7-14;16-14-8-13(10-4-6-18-7-5-10)15(19-9-17)12-3-1-2-11(12)14;1-4-3-5(2)9-6(8-4)12(7,10)11/h6-11H,3-5H2,1-2H3,(H2,26,27,28);4-8H,1-3H2;3H,1-2H3,(H2,7,10,11). The Kier molecular flexibility index (Phi) is 13.6. The number of hydrogen-bond donors (Lipinski definition) is 3. The minimum Gasteiger partial charge on any atom is -0.387 e. The van der Waals surface area contributed by atoms with E-state index in [0.717, 1.165) is 30.4 Å². The van der Waals surface area contributed by atoms with Gasteiger partial charge >= 0.3 is 16.1 Å². The number of aromatic nitrogens is 6. The zero-order valence-electron chi connectivity index (χ0n) is 33.9. The number of ether oxygens (including phenoxy) is 1. The van der Waals surface area contributed by atoms with Gasteiger partial charge in [0, 0.05) is 64.3 Å². The maximum absolute atomic E-state index is 14.7. The van der Waals surface area contributed by atoms with Crippen LogP contribution in [0.25, 0.3) is 22.3 Å². The number of rotatable bonds is 7. The fourth-order valence-electron chi connectivity index (χ4n) is 7.18. The molecule has 2 aliphatic rings. The molecule has 0 saturated carbocycles. The van der Waals surface area contributed by atoms with Crippen LogP contribution in [0, 0.1) is 50.8 Å². The number of carbonyl (C=O) groups excluding carboxylic acids is 1. The molecule has 0 spiro atoms. The fraction of sp³-hybridized carbons (Fsp3) is 0.238. The largest absolute Gasteiger partial charge is 0.387 e. The van der Waals surface area contributed by atoms with Crippen LogP contribution >= 0.6 is 0 Å². The summed E-state index contributed by atoms with van der Waals surface area (Å²) in [6, 6.07) is 12.1. The number of carbonyl (C=O) groups is 1. The first-order chi connectivity index (χ1) is 29.4. The van der Waals surface area contributed by atoms with E-state index < -0.39 is 31.2 Å². The van der Waals surface area contributed by atoms with Gasteiger partial charge in [-0.2, -0.15) is 8.42 Å². The second-order valence-corrected chi connectivity index (χ2v) is 17.3. The van der Waals surface area contributed by atoms with Crippen LogP contribution in [0.5, 0.6) is 5.75 Å². The summed E-state index contributed by atoms with van der Waals surface area (Å²) in [6.45, 7) is 6.64. The van der Waals surface area contributed by atoms with E-state index in [-0.39, 0.29) is 16.8 Å². The van der Waals surface area contributed by atoms with Crippen LogP contribution in [0.3, 0.4) is 0 Å². The van der Waals surface area contributed by atoms with Crippen molar-refractivity contribution in [3.05, 3.63) is 130 Å². The van der Waals surface area contributed by atoms with Gasteiger partial charge in [-0.3, -0.25) is 9.97 Å². The van der Waals surface area contributed by atoms with E-state index in [1.165, 1.54) is 12.1 Å². The minimum atomic E-state index is -4.29. The van der Waals surface area contributed by atoms with Crippen molar-refractivity contribution in [1.29, 1.82) is 5.26 Å². The predicted molar refractivity (Wildman–Crippen MR) is 223 cm³/mol. The Morgan fingerprint density at radius 2 is 1.11 bits per heavy atom. The average Bonchev–Trinajstić information content (AvgIpc) is 3.92. The van der Waals surface area contributed by atoms with E-state index in [0.29, 0.717) is 86.9 Å². The van der Waals surface area contributed by atoms with Gasteiger partial charge in [-0.15, -0.1) is 5.26 Å². The Morgan fingerprint density at radius 3 is 1.61 bits per heavy atom. The van der Waals surface area contributed by atoms with E-state index >= 15 is 0 Å². The summed E-state index contributed by atoms with van der Waals surface area (Å²) in [7, 11) is -8.06. The Bertz CT molecular complexity index is 2900. The first kappa shape index (κ1) is 44.7. The summed E-state index contributed by atoms with van der Waals surface area (Å²) in [5, 5.41) is 15.5. The topological polar surface area (TPSA) is 246 Å². The molecule has 16 nitrogen and oxygen atoms in total. The van der Waals surface area contributed by atoms with Crippen LogP contribution in [0.1, 0.15) is 57.9 Å². The molecule has 0 unspecified atom stereocenters. The molecule has 4 aromatic heterocycles. The molecule has 6 aromatic rings. The molecular weight excluding hydrogens is 843 g/mol. The van der Waals surface area contributed by atoms with Gasteiger partial charge in [0.2, 0.25) is 0 Å². The van der Waals surface area contributed by atoms with Crippen LogP contribution in [0.2, 0.25) is 0 Å². The number of nitrogens with one attached hydrogen (secondary N) is 2. The van der Waals surface area contributed by atoms with Crippen molar-refractivity contribution in [3.63, 3.8) is 0 Å². The molecule has 2 aliphatic carbocycles. The van der Waals surface area contributed by atoms with Gasteiger partial charge in [-0.1, -0.05) is 0 Å². The van der Waals surface area contributed by atoms with Crippen molar-refractivity contribution in [2.75, 3.05) is 5.32 Å². The number of nitrogens with two attached hydrogens (primary N) is 1. The number of hydrogen-bond acceptors (Lipinski definition) is 13.